The predicted molar refractivity (Wildman–Crippen MR) is 49.8 cm³/mol. The first-order chi connectivity index (χ1) is 5.17. The van der Waals surface area contributed by atoms with Crippen LogP contribution in [0.1, 0.15) is 0 Å². The second-order valence-electron chi connectivity index (χ2n) is 2.18. The van der Waals surface area contributed by atoms with Crippen molar-refractivity contribution in [3.8, 4) is 0 Å². The molecule has 0 aromatic heterocycles. The molecule has 4 heteroatoms. The smallest absolute Gasteiger partial charge is 0.238 e. The normalized spacial score (nSPS) is 15.8. The van der Waals surface area contributed by atoms with E-state index in [0.717, 1.165) is 0 Å². The maximum absolute atomic E-state index is 11.3. The number of hydrogen-bond acceptors (Lipinski definition) is 2. The second-order valence-corrected chi connectivity index (χ2v) is 5.23. The zero-order chi connectivity index (χ0) is 8.32. The molecule has 1 aromatic rings. The van der Waals surface area contributed by atoms with Gasteiger partial charge in [-0.25, -0.2) is 0 Å². The average Bonchev–Trinajstić information content (AvgIpc) is 2.06. The van der Waals surface area contributed by atoms with E-state index in [4.69, 9.17) is 0 Å². The highest BCUT2D eigenvalue weighted by molar-refractivity contribution is 7.91. The van der Waals surface area contributed by atoms with Gasteiger partial charge in [-0.2, -0.15) is 12.6 Å². The van der Waals surface area contributed by atoms with Crippen LogP contribution in [-0.2, 0) is 4.57 Å². The molecule has 11 heavy (non-hydrogen) atoms. The van der Waals surface area contributed by atoms with Crippen LogP contribution in [0.15, 0.2) is 30.3 Å². The second kappa shape index (κ2) is 3.44. The lowest BCUT2D eigenvalue weighted by Crippen LogP contribution is -2.03. The van der Waals surface area contributed by atoms with Gasteiger partial charge < -0.3 is 4.89 Å². The van der Waals surface area contributed by atoms with E-state index in [2.05, 4.69) is 12.6 Å². The van der Waals surface area contributed by atoms with E-state index in [-0.39, 0.29) is 5.49 Å². The summed E-state index contributed by atoms with van der Waals surface area (Å²) in [6.45, 7) is 0. The quantitative estimate of drug-likeness (QED) is 0.544. The lowest BCUT2D eigenvalue weighted by atomic mass is 10.4. The molecule has 0 saturated carbocycles. The third kappa shape index (κ3) is 2.09. The van der Waals surface area contributed by atoms with Gasteiger partial charge in [0.1, 0.15) is 0 Å². The average molecular weight is 188 g/mol. The van der Waals surface area contributed by atoms with Crippen LogP contribution in [0.25, 0.3) is 0 Å². The lowest BCUT2D eigenvalue weighted by molar-refractivity contribution is 0.495. The van der Waals surface area contributed by atoms with E-state index in [0.29, 0.717) is 5.30 Å². The molecule has 0 aliphatic heterocycles. The summed E-state index contributed by atoms with van der Waals surface area (Å²) < 4.78 is 11.3. The molecule has 0 aliphatic rings. The van der Waals surface area contributed by atoms with Crippen molar-refractivity contribution in [3.05, 3.63) is 30.3 Å². The zero-order valence-corrected chi connectivity index (χ0v) is 7.63. The number of thiol groups is 1. The largest absolute Gasteiger partial charge is 0.341 e. The first-order valence-electron chi connectivity index (χ1n) is 3.15. The Morgan fingerprint density at radius 3 is 2.36 bits per heavy atom. The van der Waals surface area contributed by atoms with Crippen LogP contribution in [0.4, 0.5) is 0 Å². The van der Waals surface area contributed by atoms with Crippen molar-refractivity contribution in [2.24, 2.45) is 0 Å². The van der Waals surface area contributed by atoms with Crippen molar-refractivity contribution in [2.45, 2.75) is 0 Å². The molecule has 0 heterocycles. The fourth-order valence-corrected chi connectivity index (χ4v) is 2.03. The Labute approximate surface area is 71.1 Å². The molecule has 1 unspecified atom stereocenters. The van der Waals surface area contributed by atoms with Crippen LogP contribution in [0.2, 0.25) is 0 Å². The van der Waals surface area contributed by atoms with Crippen LogP contribution in [0.5, 0.6) is 0 Å². The van der Waals surface area contributed by atoms with Gasteiger partial charge in [0.2, 0.25) is 7.37 Å². The Bertz CT molecular complexity index is 273. The minimum atomic E-state index is -3.16. The molecule has 1 rings (SSSR count). The highest BCUT2D eigenvalue weighted by atomic mass is 32.1. The van der Waals surface area contributed by atoms with Gasteiger partial charge in [-0.15, -0.1) is 0 Å². The molecule has 0 spiro atoms. The topological polar surface area (TPSA) is 37.3 Å². The first-order valence-corrected chi connectivity index (χ1v) is 5.63. The minimum absolute atomic E-state index is 0.00296. The molecule has 1 atom stereocenters. The fourth-order valence-electron chi connectivity index (χ4n) is 0.743. The Balaban J connectivity index is 3.03. The number of rotatable bonds is 2. The molecule has 0 fully saturated rings. The number of hydrogen-bond donors (Lipinski definition) is 2. The van der Waals surface area contributed by atoms with Crippen LogP contribution >= 0.6 is 20.0 Å². The van der Waals surface area contributed by atoms with Crippen molar-refractivity contribution in [3.63, 3.8) is 0 Å². The predicted octanol–water partition coefficient (Wildman–Crippen LogP) is 1.47. The summed E-state index contributed by atoms with van der Waals surface area (Å²) in [4.78, 5) is 9.27. The van der Waals surface area contributed by atoms with Crippen molar-refractivity contribution in [2.75, 3.05) is 5.49 Å². The van der Waals surface area contributed by atoms with Crippen LogP contribution in [-0.4, -0.2) is 10.4 Å². The molecule has 0 bridgehead atoms. The summed E-state index contributed by atoms with van der Waals surface area (Å²) in [5.41, 5.74) is -0.00296. The molecular weight excluding hydrogens is 179 g/mol. The van der Waals surface area contributed by atoms with Crippen LogP contribution in [0.3, 0.4) is 0 Å². The molecular formula is C7H9O2PS. The van der Waals surface area contributed by atoms with Gasteiger partial charge >= 0.3 is 0 Å². The maximum Gasteiger partial charge on any atom is 0.238 e. The van der Waals surface area contributed by atoms with E-state index in [9.17, 15) is 9.46 Å². The third-order valence-electron chi connectivity index (χ3n) is 1.35. The monoisotopic (exact) mass is 188 g/mol. The molecule has 2 nitrogen and oxygen atoms in total. The zero-order valence-electron chi connectivity index (χ0n) is 5.84. The van der Waals surface area contributed by atoms with Crippen molar-refractivity contribution < 1.29 is 9.46 Å². The van der Waals surface area contributed by atoms with Crippen molar-refractivity contribution >= 4 is 25.3 Å². The van der Waals surface area contributed by atoms with E-state index in [1.54, 1.807) is 24.3 Å². The van der Waals surface area contributed by atoms with Crippen LogP contribution in [0, 0.1) is 0 Å². The Morgan fingerprint density at radius 2 is 1.91 bits per heavy atom. The highest BCUT2D eigenvalue weighted by Gasteiger charge is 2.17. The standard InChI is InChI=1S/C7H9O2PS/c8-10(9,6-11)7-4-2-1-3-5-7/h1-5,11H,6H2,(H,8,9). The van der Waals surface area contributed by atoms with Crippen molar-refractivity contribution in [1.82, 2.24) is 0 Å². The fraction of sp³-hybridized carbons (Fsp3) is 0.143. The third-order valence-corrected chi connectivity index (χ3v) is 3.99. The van der Waals surface area contributed by atoms with E-state index in [1.165, 1.54) is 0 Å². The summed E-state index contributed by atoms with van der Waals surface area (Å²) in [7, 11) is -3.16. The molecule has 1 aromatic carbocycles. The Hall–Kier alpha value is -0.240. The van der Waals surface area contributed by atoms with E-state index >= 15 is 0 Å². The SMILES string of the molecule is O=P(O)(CS)c1ccccc1. The summed E-state index contributed by atoms with van der Waals surface area (Å²) in [6.07, 6.45) is 0. The van der Waals surface area contributed by atoms with E-state index in [1.807, 2.05) is 6.07 Å². The van der Waals surface area contributed by atoms with Crippen LogP contribution < -0.4 is 5.30 Å². The molecule has 0 aliphatic carbocycles. The molecule has 1 N–H and O–H groups in total. The van der Waals surface area contributed by atoms with Gasteiger partial charge in [-0.1, -0.05) is 18.2 Å². The van der Waals surface area contributed by atoms with Crippen molar-refractivity contribution in [1.29, 1.82) is 0 Å². The molecule has 0 radical (unpaired) electrons. The highest BCUT2D eigenvalue weighted by Crippen LogP contribution is 2.39. The number of benzene rings is 1. The van der Waals surface area contributed by atoms with Gasteiger partial charge in [0.15, 0.2) is 0 Å². The molecule has 60 valence electrons. The van der Waals surface area contributed by atoms with Gasteiger partial charge in [0.25, 0.3) is 0 Å². The molecule has 0 saturated heterocycles. The summed E-state index contributed by atoms with van der Waals surface area (Å²) in [5.74, 6) is 0. The summed E-state index contributed by atoms with van der Waals surface area (Å²) in [6, 6.07) is 8.55. The Kier molecular flexibility index (Phi) is 2.77. The molecule has 0 amide bonds. The summed E-state index contributed by atoms with van der Waals surface area (Å²) in [5, 5.41) is 0.468. The minimum Gasteiger partial charge on any atom is -0.341 e. The van der Waals surface area contributed by atoms with Gasteiger partial charge in [-0.05, 0) is 12.1 Å². The maximum atomic E-state index is 11.3. The Morgan fingerprint density at radius 1 is 1.36 bits per heavy atom. The summed E-state index contributed by atoms with van der Waals surface area (Å²) >= 11 is 3.80. The van der Waals surface area contributed by atoms with Gasteiger partial charge in [0.05, 0.1) is 5.49 Å². The van der Waals surface area contributed by atoms with Gasteiger partial charge in [0, 0.05) is 5.30 Å². The van der Waals surface area contributed by atoms with E-state index < -0.39 is 7.37 Å². The first kappa shape index (κ1) is 8.85. The van der Waals surface area contributed by atoms with Gasteiger partial charge in [-0.3, -0.25) is 4.57 Å². The lowest BCUT2D eigenvalue weighted by Gasteiger charge is -2.06.